The smallest absolute Gasteiger partial charge is 0.224 e. The van der Waals surface area contributed by atoms with Crippen molar-refractivity contribution in [2.75, 3.05) is 32.7 Å². The van der Waals surface area contributed by atoms with E-state index in [1.807, 2.05) is 18.5 Å². The molecule has 0 saturated carbocycles. The van der Waals surface area contributed by atoms with Crippen LogP contribution in [0.1, 0.15) is 37.8 Å². The van der Waals surface area contributed by atoms with Crippen LogP contribution in [0, 0.1) is 0 Å². The van der Waals surface area contributed by atoms with Gasteiger partial charge in [0, 0.05) is 63.6 Å². The van der Waals surface area contributed by atoms with E-state index < -0.39 is 0 Å². The number of hydrogen-bond acceptors (Lipinski definition) is 4. The normalized spacial score (nSPS) is 25.2. The molecule has 1 aromatic rings. The maximum absolute atomic E-state index is 12.4. The van der Waals surface area contributed by atoms with Gasteiger partial charge in [0.05, 0.1) is 0 Å². The van der Waals surface area contributed by atoms with Gasteiger partial charge in [0.2, 0.25) is 5.91 Å². The third-order valence-corrected chi connectivity index (χ3v) is 4.91. The predicted molar refractivity (Wildman–Crippen MR) is 93.7 cm³/mol. The largest absolute Gasteiger partial charge is 0.340 e. The third-order valence-electron chi connectivity index (χ3n) is 4.91. The van der Waals surface area contributed by atoms with Crippen molar-refractivity contribution in [3.63, 3.8) is 0 Å². The first-order valence-electron chi connectivity index (χ1n) is 8.40. The molecule has 0 aromatic carbocycles. The number of carbonyl (C=O) groups excluding carboxylic acids is 1. The van der Waals surface area contributed by atoms with Gasteiger partial charge in [-0.15, -0.1) is 12.4 Å². The van der Waals surface area contributed by atoms with E-state index >= 15 is 0 Å². The lowest BCUT2D eigenvalue weighted by Gasteiger charge is -2.36. The van der Waals surface area contributed by atoms with E-state index in [1.54, 1.807) is 0 Å². The van der Waals surface area contributed by atoms with E-state index in [0.717, 1.165) is 45.6 Å². The standard InChI is InChI=1S/C17H26N4O.ClH/c1-14-4-3-9-21(14)17(22)6-10-20-11-8-19-13-16(20)15-5-2-7-18-12-15;/h2,5,7,12,14,16,19H,3-4,6,8-11,13H2,1H3;1H. The molecule has 1 amide bonds. The topological polar surface area (TPSA) is 48.5 Å². The van der Waals surface area contributed by atoms with Crippen molar-refractivity contribution in [2.45, 2.75) is 38.3 Å². The number of amides is 1. The van der Waals surface area contributed by atoms with Crippen molar-refractivity contribution in [1.29, 1.82) is 0 Å². The van der Waals surface area contributed by atoms with E-state index in [4.69, 9.17) is 0 Å². The summed E-state index contributed by atoms with van der Waals surface area (Å²) in [5.41, 5.74) is 1.23. The summed E-state index contributed by atoms with van der Waals surface area (Å²) in [7, 11) is 0. The molecular formula is C17H27ClN4O. The van der Waals surface area contributed by atoms with E-state index in [-0.39, 0.29) is 12.4 Å². The molecule has 0 spiro atoms. The van der Waals surface area contributed by atoms with E-state index in [1.165, 1.54) is 5.56 Å². The van der Waals surface area contributed by atoms with E-state index in [0.29, 0.717) is 24.4 Å². The molecule has 1 aromatic heterocycles. The SMILES string of the molecule is CC1CCCN1C(=O)CCN1CCNCC1c1cccnc1.Cl. The fraction of sp³-hybridized carbons (Fsp3) is 0.647. The first-order valence-corrected chi connectivity index (χ1v) is 8.40. The van der Waals surface area contributed by atoms with Gasteiger partial charge in [-0.25, -0.2) is 0 Å². The average Bonchev–Trinajstić information content (AvgIpc) is 3.00. The summed E-state index contributed by atoms with van der Waals surface area (Å²) in [5.74, 6) is 0.313. The molecule has 2 atom stereocenters. The molecule has 0 bridgehead atoms. The van der Waals surface area contributed by atoms with Crippen LogP contribution in [0.4, 0.5) is 0 Å². The van der Waals surface area contributed by atoms with Crippen LogP contribution in [0.25, 0.3) is 0 Å². The van der Waals surface area contributed by atoms with Crippen LogP contribution in [0.15, 0.2) is 24.5 Å². The highest BCUT2D eigenvalue weighted by Gasteiger charge is 2.27. The molecular weight excluding hydrogens is 312 g/mol. The Hall–Kier alpha value is -1.17. The average molecular weight is 339 g/mol. The molecule has 5 nitrogen and oxygen atoms in total. The Morgan fingerprint density at radius 2 is 2.30 bits per heavy atom. The van der Waals surface area contributed by atoms with Crippen LogP contribution in [0.3, 0.4) is 0 Å². The van der Waals surface area contributed by atoms with Gasteiger partial charge in [-0.1, -0.05) is 6.07 Å². The molecule has 2 saturated heterocycles. The first kappa shape index (κ1) is 18.2. The lowest BCUT2D eigenvalue weighted by atomic mass is 10.1. The third kappa shape index (κ3) is 4.43. The molecule has 0 aliphatic carbocycles. The molecule has 2 unspecified atom stereocenters. The highest BCUT2D eigenvalue weighted by atomic mass is 35.5. The number of nitrogens with one attached hydrogen (secondary N) is 1. The fourth-order valence-corrected chi connectivity index (χ4v) is 3.60. The number of nitrogens with zero attached hydrogens (tertiary/aromatic N) is 3. The lowest BCUT2D eigenvalue weighted by molar-refractivity contribution is -0.132. The summed E-state index contributed by atoms with van der Waals surface area (Å²) < 4.78 is 0. The van der Waals surface area contributed by atoms with E-state index in [2.05, 4.69) is 33.1 Å². The number of pyridine rings is 1. The number of hydrogen-bond donors (Lipinski definition) is 1. The second kappa shape index (κ2) is 8.62. The Balaban J connectivity index is 0.00000192. The summed E-state index contributed by atoms with van der Waals surface area (Å²) >= 11 is 0. The highest BCUT2D eigenvalue weighted by Crippen LogP contribution is 2.22. The van der Waals surface area contributed by atoms with Gasteiger partial charge in [0.25, 0.3) is 0 Å². The summed E-state index contributed by atoms with van der Waals surface area (Å²) in [6.45, 7) is 6.85. The molecule has 128 valence electrons. The second-order valence-electron chi connectivity index (χ2n) is 6.37. The molecule has 3 rings (SSSR count). The van der Waals surface area contributed by atoms with Crippen LogP contribution in [-0.4, -0.2) is 59.5 Å². The monoisotopic (exact) mass is 338 g/mol. The minimum atomic E-state index is 0. The van der Waals surface area contributed by atoms with Crippen molar-refractivity contribution < 1.29 is 4.79 Å². The molecule has 0 radical (unpaired) electrons. The number of piperazine rings is 1. The summed E-state index contributed by atoms with van der Waals surface area (Å²) in [6, 6.07) is 4.86. The molecule has 1 N–H and O–H groups in total. The van der Waals surface area contributed by atoms with Gasteiger partial charge < -0.3 is 10.2 Å². The van der Waals surface area contributed by atoms with Crippen LogP contribution >= 0.6 is 12.4 Å². The van der Waals surface area contributed by atoms with Crippen LogP contribution < -0.4 is 5.32 Å². The van der Waals surface area contributed by atoms with Crippen molar-refractivity contribution >= 4 is 18.3 Å². The minimum Gasteiger partial charge on any atom is -0.340 e. The maximum Gasteiger partial charge on any atom is 0.224 e. The van der Waals surface area contributed by atoms with Crippen molar-refractivity contribution in [1.82, 2.24) is 20.1 Å². The second-order valence-corrected chi connectivity index (χ2v) is 6.37. The Bertz CT molecular complexity index is 499. The molecule has 2 fully saturated rings. The van der Waals surface area contributed by atoms with Crippen molar-refractivity contribution in [3.05, 3.63) is 30.1 Å². The molecule has 23 heavy (non-hydrogen) atoms. The van der Waals surface area contributed by atoms with Crippen molar-refractivity contribution in [3.8, 4) is 0 Å². The highest BCUT2D eigenvalue weighted by molar-refractivity contribution is 5.85. The number of rotatable bonds is 4. The molecule has 2 aliphatic heterocycles. The van der Waals surface area contributed by atoms with Gasteiger partial charge in [-0.05, 0) is 31.4 Å². The Morgan fingerprint density at radius 1 is 1.43 bits per heavy atom. The molecule has 6 heteroatoms. The lowest BCUT2D eigenvalue weighted by Crippen LogP contribution is -2.47. The zero-order valence-corrected chi connectivity index (χ0v) is 14.6. The van der Waals surface area contributed by atoms with Crippen LogP contribution in [0.2, 0.25) is 0 Å². The van der Waals surface area contributed by atoms with Gasteiger partial charge in [0.1, 0.15) is 0 Å². The quantitative estimate of drug-likeness (QED) is 0.910. The maximum atomic E-state index is 12.4. The number of halogens is 1. The zero-order valence-electron chi connectivity index (χ0n) is 13.8. The van der Waals surface area contributed by atoms with Gasteiger partial charge in [0.15, 0.2) is 0 Å². The zero-order chi connectivity index (χ0) is 15.4. The predicted octanol–water partition coefficient (Wildman–Crippen LogP) is 1.85. The van der Waals surface area contributed by atoms with E-state index in [9.17, 15) is 4.79 Å². The molecule has 3 heterocycles. The number of carbonyl (C=O) groups is 1. The minimum absolute atomic E-state index is 0. The Labute approximate surface area is 144 Å². The van der Waals surface area contributed by atoms with Gasteiger partial charge >= 0.3 is 0 Å². The van der Waals surface area contributed by atoms with Gasteiger partial charge in [-0.2, -0.15) is 0 Å². The number of likely N-dealkylation sites (tertiary alicyclic amines) is 1. The van der Waals surface area contributed by atoms with Crippen LogP contribution in [-0.2, 0) is 4.79 Å². The molecule has 2 aliphatic rings. The number of aromatic nitrogens is 1. The Kier molecular flexibility index (Phi) is 6.81. The van der Waals surface area contributed by atoms with Crippen LogP contribution in [0.5, 0.6) is 0 Å². The first-order chi connectivity index (χ1) is 10.8. The van der Waals surface area contributed by atoms with Gasteiger partial charge in [-0.3, -0.25) is 14.7 Å². The summed E-state index contributed by atoms with van der Waals surface area (Å²) in [4.78, 5) is 21.1. The Morgan fingerprint density at radius 3 is 3.00 bits per heavy atom. The summed E-state index contributed by atoms with van der Waals surface area (Å²) in [5, 5.41) is 3.45. The summed E-state index contributed by atoms with van der Waals surface area (Å²) in [6.07, 6.45) is 6.68. The van der Waals surface area contributed by atoms with Crippen molar-refractivity contribution in [2.24, 2.45) is 0 Å². The fourth-order valence-electron chi connectivity index (χ4n) is 3.60.